The Morgan fingerprint density at radius 2 is 1.65 bits per heavy atom. The number of carbonyl (C=O) groups is 3. The monoisotopic (exact) mass is 511 g/mol. The summed E-state index contributed by atoms with van der Waals surface area (Å²) in [5.41, 5.74) is 1.35. The van der Waals surface area contributed by atoms with Crippen molar-refractivity contribution in [1.29, 1.82) is 0 Å². The average molecular weight is 512 g/mol. The van der Waals surface area contributed by atoms with E-state index < -0.39 is 23.8 Å². The topological polar surface area (TPSA) is 108 Å². The van der Waals surface area contributed by atoms with Crippen molar-refractivity contribution >= 4 is 23.6 Å². The standard InChI is InChI=1S/C29H41N3O5/c1-8-18-32(27(35)24(19(3)9-2)31-28(36)37-29(5,6)7)25(21-14-16-22(33)17-15-21)26(34)30-23-13-11-10-12-20(23)4/h10-17,19,24-25,33H,8-9,18H2,1-7H3,(H,30,34)(H,31,36). The van der Waals surface area contributed by atoms with Gasteiger partial charge in [0.25, 0.3) is 5.91 Å². The van der Waals surface area contributed by atoms with Gasteiger partial charge in [-0.05, 0) is 69.4 Å². The molecule has 8 heteroatoms. The highest BCUT2D eigenvalue weighted by atomic mass is 16.6. The predicted octanol–water partition coefficient (Wildman–Crippen LogP) is 5.56. The quantitative estimate of drug-likeness (QED) is 0.387. The molecule has 0 aromatic heterocycles. The lowest BCUT2D eigenvalue weighted by molar-refractivity contribution is -0.141. The highest BCUT2D eigenvalue weighted by Gasteiger charge is 2.38. The maximum absolute atomic E-state index is 14.1. The van der Waals surface area contributed by atoms with Gasteiger partial charge in [-0.25, -0.2) is 4.79 Å². The third-order valence-electron chi connectivity index (χ3n) is 6.07. The molecule has 3 unspecified atom stereocenters. The third kappa shape index (κ3) is 8.51. The highest BCUT2D eigenvalue weighted by Crippen LogP contribution is 2.28. The highest BCUT2D eigenvalue weighted by molar-refractivity contribution is 5.99. The van der Waals surface area contributed by atoms with Crippen molar-refractivity contribution in [3.63, 3.8) is 0 Å². The number of hydrogen-bond donors (Lipinski definition) is 3. The number of phenols is 1. The van der Waals surface area contributed by atoms with Crippen LogP contribution in [0, 0.1) is 12.8 Å². The Balaban J connectivity index is 2.51. The van der Waals surface area contributed by atoms with Crippen LogP contribution < -0.4 is 10.6 Å². The molecule has 0 saturated heterocycles. The fourth-order valence-electron chi connectivity index (χ4n) is 3.95. The van der Waals surface area contributed by atoms with Crippen molar-refractivity contribution in [3.8, 4) is 5.75 Å². The Labute approximate surface area is 220 Å². The maximum Gasteiger partial charge on any atom is 0.408 e. The first kappa shape index (κ1) is 29.7. The van der Waals surface area contributed by atoms with Gasteiger partial charge in [0.2, 0.25) is 5.91 Å². The van der Waals surface area contributed by atoms with Gasteiger partial charge >= 0.3 is 6.09 Å². The summed E-state index contributed by atoms with van der Waals surface area (Å²) in [5.74, 6) is -0.916. The second kappa shape index (κ2) is 13.1. The minimum absolute atomic E-state index is 0.0549. The Hall–Kier alpha value is -3.55. The van der Waals surface area contributed by atoms with Crippen LogP contribution in [0.5, 0.6) is 5.75 Å². The average Bonchev–Trinajstić information content (AvgIpc) is 2.82. The van der Waals surface area contributed by atoms with E-state index in [0.717, 1.165) is 5.56 Å². The number of para-hydroxylation sites is 1. The van der Waals surface area contributed by atoms with Gasteiger partial charge in [-0.15, -0.1) is 0 Å². The molecular weight excluding hydrogens is 470 g/mol. The van der Waals surface area contributed by atoms with E-state index in [1.807, 2.05) is 45.9 Å². The van der Waals surface area contributed by atoms with Crippen LogP contribution in [0.4, 0.5) is 10.5 Å². The molecule has 2 aromatic rings. The van der Waals surface area contributed by atoms with Gasteiger partial charge in [0, 0.05) is 12.2 Å². The van der Waals surface area contributed by atoms with Crippen LogP contribution in [0.1, 0.15) is 71.6 Å². The molecule has 0 radical (unpaired) electrons. The zero-order valence-corrected chi connectivity index (χ0v) is 23.0. The van der Waals surface area contributed by atoms with E-state index in [1.54, 1.807) is 39.0 Å². The number of anilines is 1. The number of amides is 3. The molecule has 0 aliphatic carbocycles. The molecule has 2 rings (SSSR count). The maximum atomic E-state index is 14.1. The van der Waals surface area contributed by atoms with Crippen LogP contribution in [-0.2, 0) is 14.3 Å². The van der Waals surface area contributed by atoms with Gasteiger partial charge in [-0.3, -0.25) is 9.59 Å². The SMILES string of the molecule is CCCN(C(=O)C(NC(=O)OC(C)(C)C)C(C)CC)C(C(=O)Nc1ccccc1C)c1ccc(O)cc1. The number of benzene rings is 2. The molecule has 8 nitrogen and oxygen atoms in total. The van der Waals surface area contributed by atoms with Gasteiger partial charge in [-0.1, -0.05) is 57.5 Å². The summed E-state index contributed by atoms with van der Waals surface area (Å²) in [6.45, 7) is 13.2. The van der Waals surface area contributed by atoms with Crippen LogP contribution in [0.15, 0.2) is 48.5 Å². The molecular formula is C29H41N3O5. The number of nitrogens with zero attached hydrogens (tertiary/aromatic N) is 1. The lowest BCUT2D eigenvalue weighted by Gasteiger charge is -2.36. The molecule has 3 amide bonds. The molecule has 202 valence electrons. The number of aromatic hydroxyl groups is 1. The first-order valence-corrected chi connectivity index (χ1v) is 12.8. The Bertz CT molecular complexity index is 1060. The van der Waals surface area contributed by atoms with E-state index in [1.165, 1.54) is 17.0 Å². The summed E-state index contributed by atoms with van der Waals surface area (Å²) >= 11 is 0. The summed E-state index contributed by atoms with van der Waals surface area (Å²) in [5, 5.41) is 15.6. The first-order chi connectivity index (χ1) is 17.4. The fraction of sp³-hybridized carbons (Fsp3) is 0.483. The fourth-order valence-corrected chi connectivity index (χ4v) is 3.95. The van der Waals surface area contributed by atoms with Gasteiger partial charge < -0.3 is 25.4 Å². The molecule has 3 N–H and O–H groups in total. The third-order valence-corrected chi connectivity index (χ3v) is 6.07. The van der Waals surface area contributed by atoms with Gasteiger partial charge in [0.05, 0.1) is 0 Å². The molecule has 0 heterocycles. The van der Waals surface area contributed by atoms with Gasteiger partial charge in [0.1, 0.15) is 23.4 Å². The number of ether oxygens (including phenoxy) is 1. The summed E-state index contributed by atoms with van der Waals surface area (Å²) in [7, 11) is 0. The predicted molar refractivity (Wildman–Crippen MR) is 145 cm³/mol. The Morgan fingerprint density at radius 3 is 2.19 bits per heavy atom. The zero-order valence-electron chi connectivity index (χ0n) is 23.0. The van der Waals surface area contributed by atoms with E-state index in [2.05, 4.69) is 10.6 Å². The van der Waals surface area contributed by atoms with E-state index in [4.69, 9.17) is 4.74 Å². The second-order valence-corrected chi connectivity index (χ2v) is 10.3. The van der Waals surface area contributed by atoms with Gasteiger partial charge in [-0.2, -0.15) is 0 Å². The first-order valence-electron chi connectivity index (χ1n) is 12.8. The number of hydrogen-bond acceptors (Lipinski definition) is 5. The molecule has 2 aromatic carbocycles. The summed E-state index contributed by atoms with van der Waals surface area (Å²) in [4.78, 5) is 42.0. The molecule has 0 fully saturated rings. The van der Waals surface area contributed by atoms with E-state index in [-0.39, 0.29) is 30.0 Å². The number of phenolic OH excluding ortho intramolecular Hbond substituents is 1. The summed E-state index contributed by atoms with van der Waals surface area (Å²) < 4.78 is 5.42. The van der Waals surface area contributed by atoms with Crippen molar-refractivity contribution in [1.82, 2.24) is 10.2 Å². The Kier molecular flexibility index (Phi) is 10.5. The van der Waals surface area contributed by atoms with Crippen LogP contribution in [0.2, 0.25) is 0 Å². The number of alkyl carbamates (subject to hydrolysis) is 1. The normalized spacial score (nSPS) is 13.7. The number of rotatable bonds is 10. The van der Waals surface area contributed by atoms with Crippen molar-refractivity contribution in [2.75, 3.05) is 11.9 Å². The summed E-state index contributed by atoms with van der Waals surface area (Å²) in [6, 6.07) is 11.8. The minimum Gasteiger partial charge on any atom is -0.508 e. The summed E-state index contributed by atoms with van der Waals surface area (Å²) in [6.07, 6.45) is 0.538. The van der Waals surface area contributed by atoms with Crippen molar-refractivity contribution in [3.05, 3.63) is 59.7 Å². The zero-order chi connectivity index (χ0) is 27.8. The molecule has 0 aliphatic rings. The van der Waals surface area contributed by atoms with Gasteiger partial charge in [0.15, 0.2) is 0 Å². The molecule has 0 bridgehead atoms. The number of aryl methyl sites for hydroxylation is 1. The van der Waals surface area contributed by atoms with Crippen LogP contribution >= 0.6 is 0 Å². The molecule has 0 spiro atoms. The lowest BCUT2D eigenvalue weighted by atomic mass is 9.95. The molecule has 0 aliphatic heterocycles. The smallest absolute Gasteiger partial charge is 0.408 e. The molecule has 3 atom stereocenters. The molecule has 37 heavy (non-hydrogen) atoms. The number of carbonyl (C=O) groups excluding carboxylic acids is 3. The van der Waals surface area contributed by atoms with Crippen molar-refractivity contribution < 1.29 is 24.2 Å². The van der Waals surface area contributed by atoms with E-state index >= 15 is 0 Å². The van der Waals surface area contributed by atoms with Crippen molar-refractivity contribution in [2.24, 2.45) is 5.92 Å². The molecule has 0 saturated carbocycles. The van der Waals surface area contributed by atoms with Crippen molar-refractivity contribution in [2.45, 2.75) is 79.0 Å². The van der Waals surface area contributed by atoms with E-state index in [0.29, 0.717) is 24.1 Å². The van der Waals surface area contributed by atoms with Crippen LogP contribution in [0.3, 0.4) is 0 Å². The Morgan fingerprint density at radius 1 is 1.03 bits per heavy atom. The lowest BCUT2D eigenvalue weighted by Crippen LogP contribution is -2.54. The van der Waals surface area contributed by atoms with E-state index in [9.17, 15) is 19.5 Å². The number of nitrogens with one attached hydrogen (secondary N) is 2. The van der Waals surface area contributed by atoms with Crippen LogP contribution in [0.25, 0.3) is 0 Å². The van der Waals surface area contributed by atoms with Crippen LogP contribution in [-0.4, -0.2) is 46.1 Å². The largest absolute Gasteiger partial charge is 0.508 e. The minimum atomic E-state index is -0.986. The second-order valence-electron chi connectivity index (χ2n) is 10.3.